The molecule has 1 aromatic heterocycles. The first-order valence-electron chi connectivity index (χ1n) is 5.85. The van der Waals surface area contributed by atoms with Crippen LogP contribution in [-0.2, 0) is 22.9 Å². The highest BCUT2D eigenvalue weighted by Gasteiger charge is 2.19. The van der Waals surface area contributed by atoms with Crippen LogP contribution in [-0.4, -0.2) is 26.6 Å². The van der Waals surface area contributed by atoms with Gasteiger partial charge in [-0.25, -0.2) is 13.6 Å². The summed E-state index contributed by atoms with van der Waals surface area (Å²) in [4.78, 5) is 13.2. The van der Waals surface area contributed by atoms with Crippen LogP contribution in [0.1, 0.15) is 33.6 Å². The Morgan fingerprint density at radius 2 is 2.11 bits per heavy atom. The maximum atomic E-state index is 11.9. The molecule has 5 nitrogen and oxygen atoms in total. The molecule has 7 heteroatoms. The van der Waals surface area contributed by atoms with Crippen molar-refractivity contribution in [3.05, 3.63) is 21.4 Å². The van der Waals surface area contributed by atoms with Crippen molar-refractivity contribution >= 4 is 27.3 Å². The monoisotopic (exact) mass is 288 g/mol. The maximum absolute atomic E-state index is 11.9. The summed E-state index contributed by atoms with van der Waals surface area (Å²) >= 11 is 1.62. The molecule has 2 rings (SSSR count). The van der Waals surface area contributed by atoms with Gasteiger partial charge < -0.3 is 5.32 Å². The Morgan fingerprint density at radius 1 is 1.39 bits per heavy atom. The topological polar surface area (TPSA) is 89.3 Å². The van der Waals surface area contributed by atoms with E-state index in [0.717, 1.165) is 24.8 Å². The van der Waals surface area contributed by atoms with Gasteiger partial charge in [0.2, 0.25) is 10.0 Å². The number of hydrogen-bond acceptors (Lipinski definition) is 4. The number of amides is 1. The highest BCUT2D eigenvalue weighted by Crippen LogP contribution is 2.29. The second-order valence-corrected chi connectivity index (χ2v) is 7.08. The van der Waals surface area contributed by atoms with Crippen molar-refractivity contribution in [2.45, 2.75) is 25.7 Å². The van der Waals surface area contributed by atoms with Gasteiger partial charge in [0, 0.05) is 16.8 Å². The van der Waals surface area contributed by atoms with Gasteiger partial charge in [-0.3, -0.25) is 4.79 Å². The molecule has 0 spiro atoms. The minimum atomic E-state index is -3.52. The van der Waals surface area contributed by atoms with Crippen LogP contribution >= 0.6 is 11.3 Å². The molecule has 1 aliphatic rings. The molecule has 1 aromatic rings. The smallest absolute Gasteiger partial charge is 0.252 e. The van der Waals surface area contributed by atoms with Gasteiger partial charge in [0.25, 0.3) is 5.91 Å². The molecule has 0 fully saturated rings. The number of primary sulfonamides is 1. The molecule has 0 radical (unpaired) electrons. The standard InChI is InChI=1S/C11H16N2O3S2/c12-18(15,16)6-5-13-11(14)9-7-17-10-4-2-1-3-8(9)10/h7H,1-6H2,(H,13,14)(H2,12,15,16). The number of carbonyl (C=O) groups is 1. The minimum absolute atomic E-state index is 0.0578. The van der Waals surface area contributed by atoms with Gasteiger partial charge in [0.1, 0.15) is 0 Å². The van der Waals surface area contributed by atoms with E-state index in [2.05, 4.69) is 5.32 Å². The zero-order valence-corrected chi connectivity index (χ0v) is 11.6. The molecule has 0 bridgehead atoms. The van der Waals surface area contributed by atoms with E-state index in [-0.39, 0.29) is 18.2 Å². The zero-order valence-electron chi connectivity index (χ0n) is 9.94. The van der Waals surface area contributed by atoms with E-state index in [1.807, 2.05) is 5.38 Å². The molecule has 3 N–H and O–H groups in total. The molecule has 1 amide bonds. The van der Waals surface area contributed by atoms with Crippen molar-refractivity contribution in [3.8, 4) is 0 Å². The first kappa shape index (κ1) is 13.5. The molecule has 1 heterocycles. The molecule has 1 aliphatic carbocycles. The SMILES string of the molecule is NS(=O)(=O)CCNC(=O)c1csc2c1CCCC2. The van der Waals surface area contributed by atoms with Crippen molar-refractivity contribution in [1.29, 1.82) is 0 Å². The summed E-state index contributed by atoms with van der Waals surface area (Å²) in [6.07, 6.45) is 4.28. The van der Waals surface area contributed by atoms with E-state index >= 15 is 0 Å². The molecule has 0 aromatic carbocycles. The number of nitrogens with one attached hydrogen (secondary N) is 1. The highest BCUT2D eigenvalue weighted by molar-refractivity contribution is 7.89. The van der Waals surface area contributed by atoms with Crippen LogP contribution in [0.2, 0.25) is 0 Å². The Bertz CT molecular complexity index is 549. The first-order chi connectivity index (χ1) is 8.47. The highest BCUT2D eigenvalue weighted by atomic mass is 32.2. The van der Waals surface area contributed by atoms with Crippen LogP contribution in [0.25, 0.3) is 0 Å². The van der Waals surface area contributed by atoms with Gasteiger partial charge in [0.05, 0.1) is 11.3 Å². The third-order valence-electron chi connectivity index (χ3n) is 2.98. The van der Waals surface area contributed by atoms with Crippen LogP contribution in [0, 0.1) is 0 Å². The molecular weight excluding hydrogens is 272 g/mol. The van der Waals surface area contributed by atoms with Crippen molar-refractivity contribution in [2.75, 3.05) is 12.3 Å². The Labute approximate surface area is 110 Å². The number of thiophene rings is 1. The summed E-state index contributed by atoms with van der Waals surface area (Å²) in [5.74, 6) is -0.427. The molecule has 0 saturated carbocycles. The van der Waals surface area contributed by atoms with Crippen LogP contribution < -0.4 is 10.5 Å². The third-order valence-corrected chi connectivity index (χ3v) is 4.84. The van der Waals surface area contributed by atoms with Crippen LogP contribution in [0.15, 0.2) is 5.38 Å². The summed E-state index contributed by atoms with van der Waals surface area (Å²) in [7, 11) is -3.52. The van der Waals surface area contributed by atoms with E-state index in [1.54, 1.807) is 11.3 Å². The minimum Gasteiger partial charge on any atom is -0.351 e. The number of rotatable bonds is 4. The van der Waals surface area contributed by atoms with Crippen molar-refractivity contribution < 1.29 is 13.2 Å². The number of nitrogens with two attached hydrogens (primary N) is 1. The lowest BCUT2D eigenvalue weighted by molar-refractivity contribution is 0.0955. The molecular formula is C11H16N2O3S2. The molecule has 0 aliphatic heterocycles. The fourth-order valence-electron chi connectivity index (χ4n) is 2.09. The predicted octanol–water partition coefficient (Wildman–Crippen LogP) is 0.645. The van der Waals surface area contributed by atoms with Crippen LogP contribution in [0.5, 0.6) is 0 Å². The number of fused-ring (bicyclic) bond motifs is 1. The first-order valence-corrected chi connectivity index (χ1v) is 8.45. The van der Waals surface area contributed by atoms with E-state index in [1.165, 1.54) is 11.3 Å². The molecule has 18 heavy (non-hydrogen) atoms. The Kier molecular flexibility index (Phi) is 4.04. The number of carbonyl (C=O) groups excluding carboxylic acids is 1. The number of hydrogen-bond donors (Lipinski definition) is 2. The van der Waals surface area contributed by atoms with Crippen LogP contribution in [0.4, 0.5) is 0 Å². The zero-order chi connectivity index (χ0) is 13.2. The Balaban J connectivity index is 1.99. The van der Waals surface area contributed by atoms with Gasteiger partial charge in [-0.2, -0.15) is 0 Å². The Morgan fingerprint density at radius 3 is 2.83 bits per heavy atom. The van der Waals surface area contributed by atoms with Gasteiger partial charge in [-0.15, -0.1) is 11.3 Å². The summed E-state index contributed by atoms with van der Waals surface area (Å²) in [6.45, 7) is 0.0578. The summed E-state index contributed by atoms with van der Waals surface area (Å²) in [6, 6.07) is 0. The van der Waals surface area contributed by atoms with Crippen molar-refractivity contribution in [1.82, 2.24) is 5.32 Å². The van der Waals surface area contributed by atoms with Gasteiger partial charge in [-0.05, 0) is 31.2 Å². The average Bonchev–Trinajstić information content (AvgIpc) is 2.70. The molecule has 0 atom stereocenters. The number of aryl methyl sites for hydroxylation is 1. The maximum Gasteiger partial charge on any atom is 0.252 e. The summed E-state index contributed by atoms with van der Waals surface area (Å²) in [5, 5.41) is 9.34. The lowest BCUT2D eigenvalue weighted by Gasteiger charge is -2.12. The van der Waals surface area contributed by atoms with E-state index in [0.29, 0.717) is 5.56 Å². The molecule has 0 unspecified atom stereocenters. The van der Waals surface area contributed by atoms with E-state index < -0.39 is 10.0 Å². The fourth-order valence-corrected chi connectivity index (χ4v) is 3.60. The Hall–Kier alpha value is -0.920. The molecule has 100 valence electrons. The average molecular weight is 288 g/mol. The fraction of sp³-hybridized carbons (Fsp3) is 0.545. The molecule has 0 saturated heterocycles. The van der Waals surface area contributed by atoms with Crippen LogP contribution in [0.3, 0.4) is 0 Å². The third kappa shape index (κ3) is 3.30. The number of sulfonamides is 1. The van der Waals surface area contributed by atoms with Gasteiger partial charge in [-0.1, -0.05) is 0 Å². The quantitative estimate of drug-likeness (QED) is 0.852. The van der Waals surface area contributed by atoms with E-state index in [4.69, 9.17) is 5.14 Å². The lowest BCUT2D eigenvalue weighted by Crippen LogP contribution is -2.31. The predicted molar refractivity (Wildman–Crippen MR) is 71.3 cm³/mol. The van der Waals surface area contributed by atoms with E-state index in [9.17, 15) is 13.2 Å². The largest absolute Gasteiger partial charge is 0.351 e. The van der Waals surface area contributed by atoms with Gasteiger partial charge in [0.15, 0.2) is 0 Å². The summed E-state index contributed by atoms with van der Waals surface area (Å²) in [5.41, 5.74) is 1.84. The lowest BCUT2D eigenvalue weighted by atomic mass is 9.96. The van der Waals surface area contributed by atoms with Gasteiger partial charge >= 0.3 is 0 Å². The van der Waals surface area contributed by atoms with Crippen molar-refractivity contribution in [3.63, 3.8) is 0 Å². The second kappa shape index (κ2) is 5.38. The second-order valence-electron chi connectivity index (χ2n) is 4.38. The summed E-state index contributed by atoms with van der Waals surface area (Å²) < 4.78 is 21.5. The normalized spacial score (nSPS) is 15.2. The van der Waals surface area contributed by atoms with Crippen molar-refractivity contribution in [2.24, 2.45) is 5.14 Å².